The molecular weight excluding hydrogens is 247 g/mol. The fourth-order valence-electron chi connectivity index (χ4n) is 1.41. The molecule has 84 valence electrons. The Morgan fingerprint density at radius 3 is 2.44 bits per heavy atom. The molecule has 0 bridgehead atoms. The molecule has 0 saturated carbocycles. The first-order chi connectivity index (χ1) is 7.54. The zero-order valence-electron chi connectivity index (χ0n) is 8.26. The number of hydrogen-bond donors (Lipinski definition) is 0. The van der Waals surface area contributed by atoms with E-state index in [1.807, 2.05) is 35.7 Å². The van der Waals surface area contributed by atoms with E-state index in [1.54, 1.807) is 6.07 Å². The van der Waals surface area contributed by atoms with Gasteiger partial charge in [-0.1, -0.05) is 30.3 Å². The molecular formula is C11H9FO2S2. The van der Waals surface area contributed by atoms with Gasteiger partial charge >= 0.3 is 10.2 Å². The molecule has 1 aromatic heterocycles. The molecule has 0 spiro atoms. The second kappa shape index (κ2) is 4.35. The van der Waals surface area contributed by atoms with Gasteiger partial charge < -0.3 is 0 Å². The van der Waals surface area contributed by atoms with Crippen LogP contribution >= 0.6 is 11.3 Å². The van der Waals surface area contributed by atoms with Crippen LogP contribution in [0.15, 0.2) is 41.8 Å². The third-order valence-corrected chi connectivity index (χ3v) is 3.85. The highest BCUT2D eigenvalue weighted by Gasteiger charge is 2.11. The van der Waals surface area contributed by atoms with E-state index in [0.717, 1.165) is 11.1 Å². The molecule has 0 aliphatic carbocycles. The van der Waals surface area contributed by atoms with Crippen LogP contribution in [0.3, 0.4) is 0 Å². The molecule has 0 fully saturated rings. The van der Waals surface area contributed by atoms with Gasteiger partial charge in [-0.15, -0.1) is 15.2 Å². The van der Waals surface area contributed by atoms with Crippen LogP contribution in [0.1, 0.15) is 4.88 Å². The Labute approximate surface area is 97.6 Å². The fourth-order valence-corrected chi connectivity index (χ4v) is 3.20. The summed E-state index contributed by atoms with van der Waals surface area (Å²) >= 11 is 1.25. The van der Waals surface area contributed by atoms with E-state index in [-0.39, 0.29) is 0 Å². The van der Waals surface area contributed by atoms with Crippen molar-refractivity contribution in [3.8, 4) is 11.1 Å². The number of hydrogen-bond acceptors (Lipinski definition) is 3. The summed E-state index contributed by atoms with van der Waals surface area (Å²) in [4.78, 5) is 0.515. The van der Waals surface area contributed by atoms with Gasteiger partial charge in [0.05, 0.1) is 0 Å². The maximum Gasteiger partial charge on any atom is 0.307 e. The molecule has 0 unspecified atom stereocenters. The minimum Gasteiger partial charge on any atom is -0.194 e. The summed E-state index contributed by atoms with van der Waals surface area (Å²) in [5, 5.41) is 1.83. The highest BCUT2D eigenvalue weighted by Crippen LogP contribution is 2.26. The molecule has 2 rings (SSSR count). The van der Waals surface area contributed by atoms with Gasteiger partial charge in [0.2, 0.25) is 0 Å². The summed E-state index contributed by atoms with van der Waals surface area (Å²) in [6, 6.07) is 11.3. The number of benzene rings is 1. The first kappa shape index (κ1) is 11.3. The van der Waals surface area contributed by atoms with Gasteiger partial charge in [0.1, 0.15) is 5.75 Å². The lowest BCUT2D eigenvalue weighted by Crippen LogP contribution is -1.92. The Hall–Kier alpha value is -1.20. The minimum atomic E-state index is -4.44. The molecule has 1 heterocycles. The molecule has 5 heteroatoms. The van der Waals surface area contributed by atoms with Crippen LogP contribution in [0.25, 0.3) is 11.1 Å². The quantitative estimate of drug-likeness (QED) is 0.790. The molecule has 2 aromatic rings. The zero-order chi connectivity index (χ0) is 11.6. The number of rotatable bonds is 3. The summed E-state index contributed by atoms with van der Waals surface area (Å²) in [6.07, 6.45) is 0. The first-order valence-electron chi connectivity index (χ1n) is 4.60. The summed E-state index contributed by atoms with van der Waals surface area (Å²) in [6.45, 7) is 0. The lowest BCUT2D eigenvalue weighted by Gasteiger charge is -1.94. The normalized spacial score (nSPS) is 11.6. The van der Waals surface area contributed by atoms with E-state index in [0.29, 0.717) is 4.88 Å². The average molecular weight is 256 g/mol. The van der Waals surface area contributed by atoms with Crippen LogP contribution in [0.2, 0.25) is 0 Å². The van der Waals surface area contributed by atoms with Crippen molar-refractivity contribution in [1.82, 2.24) is 0 Å². The molecule has 0 aliphatic heterocycles. The van der Waals surface area contributed by atoms with Gasteiger partial charge in [-0.05, 0) is 22.6 Å². The maximum atomic E-state index is 12.5. The van der Waals surface area contributed by atoms with Crippen LogP contribution in [0, 0.1) is 0 Å². The van der Waals surface area contributed by atoms with Crippen molar-refractivity contribution in [2.24, 2.45) is 0 Å². The Balaban J connectivity index is 2.27. The average Bonchev–Trinajstić information content (AvgIpc) is 2.65. The van der Waals surface area contributed by atoms with Crippen molar-refractivity contribution in [2.45, 2.75) is 5.75 Å². The van der Waals surface area contributed by atoms with Crippen LogP contribution in [0.4, 0.5) is 3.89 Å². The van der Waals surface area contributed by atoms with E-state index < -0.39 is 16.0 Å². The fraction of sp³-hybridized carbons (Fsp3) is 0.0909. The minimum absolute atomic E-state index is 0.515. The molecule has 0 atom stereocenters. The SMILES string of the molecule is O=S(=O)(F)Cc1cc(-c2ccccc2)cs1. The van der Waals surface area contributed by atoms with E-state index in [1.165, 1.54) is 11.3 Å². The predicted octanol–water partition coefficient (Wildman–Crippen LogP) is 3.21. The Morgan fingerprint density at radius 1 is 1.12 bits per heavy atom. The summed E-state index contributed by atoms with van der Waals surface area (Å²) in [7, 11) is -4.44. The third kappa shape index (κ3) is 2.90. The standard InChI is InChI=1S/C11H9FO2S2/c12-16(13,14)8-11-6-10(7-15-11)9-4-2-1-3-5-9/h1-7H,8H2. The van der Waals surface area contributed by atoms with Crippen molar-refractivity contribution in [3.05, 3.63) is 46.7 Å². The second-order valence-corrected chi connectivity index (χ2v) is 5.71. The molecule has 0 N–H and O–H groups in total. The third-order valence-electron chi connectivity index (χ3n) is 2.08. The van der Waals surface area contributed by atoms with Crippen LogP contribution in [-0.4, -0.2) is 8.42 Å². The van der Waals surface area contributed by atoms with Gasteiger partial charge in [0, 0.05) is 4.88 Å². The molecule has 16 heavy (non-hydrogen) atoms. The Bertz CT molecular complexity index is 573. The lowest BCUT2D eigenvalue weighted by atomic mass is 10.1. The van der Waals surface area contributed by atoms with Crippen molar-refractivity contribution in [2.75, 3.05) is 0 Å². The monoisotopic (exact) mass is 256 g/mol. The van der Waals surface area contributed by atoms with Crippen LogP contribution in [-0.2, 0) is 16.0 Å². The predicted molar refractivity (Wildman–Crippen MR) is 63.5 cm³/mol. The zero-order valence-corrected chi connectivity index (χ0v) is 9.89. The van der Waals surface area contributed by atoms with Crippen molar-refractivity contribution >= 4 is 21.6 Å². The number of halogens is 1. The van der Waals surface area contributed by atoms with Crippen molar-refractivity contribution < 1.29 is 12.3 Å². The van der Waals surface area contributed by atoms with Crippen molar-refractivity contribution in [1.29, 1.82) is 0 Å². The second-order valence-electron chi connectivity index (χ2n) is 3.35. The van der Waals surface area contributed by atoms with E-state index in [9.17, 15) is 12.3 Å². The first-order valence-corrected chi connectivity index (χ1v) is 7.03. The maximum absolute atomic E-state index is 12.5. The highest BCUT2D eigenvalue weighted by atomic mass is 32.3. The molecule has 0 amide bonds. The van der Waals surface area contributed by atoms with Gasteiger partial charge in [-0.2, -0.15) is 8.42 Å². The molecule has 2 nitrogen and oxygen atoms in total. The lowest BCUT2D eigenvalue weighted by molar-refractivity contribution is 0.551. The van der Waals surface area contributed by atoms with E-state index >= 15 is 0 Å². The molecule has 1 aromatic carbocycles. The molecule has 0 saturated heterocycles. The Kier molecular flexibility index (Phi) is 3.07. The molecule has 0 radical (unpaired) electrons. The number of thiophene rings is 1. The van der Waals surface area contributed by atoms with E-state index in [4.69, 9.17) is 0 Å². The van der Waals surface area contributed by atoms with Gasteiger partial charge in [-0.25, -0.2) is 0 Å². The smallest absolute Gasteiger partial charge is 0.194 e. The largest absolute Gasteiger partial charge is 0.307 e. The van der Waals surface area contributed by atoms with Crippen LogP contribution in [0.5, 0.6) is 0 Å². The Morgan fingerprint density at radius 2 is 1.81 bits per heavy atom. The molecule has 0 aliphatic rings. The topological polar surface area (TPSA) is 34.1 Å². The van der Waals surface area contributed by atoms with Crippen LogP contribution < -0.4 is 0 Å². The van der Waals surface area contributed by atoms with Crippen molar-refractivity contribution in [3.63, 3.8) is 0 Å². The summed E-state index contributed by atoms with van der Waals surface area (Å²) in [5.41, 5.74) is 1.92. The van der Waals surface area contributed by atoms with Gasteiger partial charge in [0.25, 0.3) is 0 Å². The highest BCUT2D eigenvalue weighted by molar-refractivity contribution is 7.85. The van der Waals surface area contributed by atoms with Gasteiger partial charge in [0.15, 0.2) is 0 Å². The van der Waals surface area contributed by atoms with Gasteiger partial charge in [-0.3, -0.25) is 0 Å². The summed E-state index contributed by atoms with van der Waals surface area (Å²) < 4.78 is 33.4. The summed E-state index contributed by atoms with van der Waals surface area (Å²) in [5.74, 6) is -0.537. The van der Waals surface area contributed by atoms with E-state index in [2.05, 4.69) is 0 Å².